The van der Waals surface area contributed by atoms with Gasteiger partial charge in [-0.2, -0.15) is 11.8 Å². The lowest BCUT2D eigenvalue weighted by Gasteiger charge is -2.29. The molecule has 2 saturated heterocycles. The van der Waals surface area contributed by atoms with Crippen LogP contribution in [0.1, 0.15) is 31.4 Å². The maximum Gasteiger partial charge on any atom is 0.224 e. The molecule has 1 aromatic rings. The Bertz CT molecular complexity index is 539. The molecule has 2 aliphatic heterocycles. The van der Waals surface area contributed by atoms with Gasteiger partial charge in [0.05, 0.1) is 6.04 Å². The van der Waals surface area contributed by atoms with E-state index in [9.17, 15) is 9.18 Å². The Labute approximate surface area is 147 Å². The number of carbonyl (C=O) groups is 1. The molecule has 0 aliphatic carbocycles. The van der Waals surface area contributed by atoms with Gasteiger partial charge >= 0.3 is 0 Å². The van der Waals surface area contributed by atoms with Gasteiger partial charge in [0.2, 0.25) is 5.91 Å². The van der Waals surface area contributed by atoms with Gasteiger partial charge in [-0.05, 0) is 18.4 Å². The van der Waals surface area contributed by atoms with Gasteiger partial charge in [0.25, 0.3) is 0 Å². The van der Waals surface area contributed by atoms with Crippen molar-refractivity contribution in [3.05, 3.63) is 35.6 Å². The molecule has 3 nitrogen and oxygen atoms in total. The summed E-state index contributed by atoms with van der Waals surface area (Å²) in [5, 5.41) is 3.41. The lowest BCUT2D eigenvalue weighted by atomic mass is 10.0. The fourth-order valence-corrected chi connectivity index (χ4v) is 4.39. The molecular formula is C17H24ClFN2OS. The van der Waals surface area contributed by atoms with Crippen molar-refractivity contribution in [2.45, 2.75) is 31.8 Å². The zero-order valence-corrected chi connectivity index (χ0v) is 15.0. The zero-order chi connectivity index (χ0) is 15.5. The Morgan fingerprint density at radius 3 is 2.91 bits per heavy atom. The lowest BCUT2D eigenvalue weighted by molar-refractivity contribution is -0.132. The molecule has 3 atom stereocenters. The summed E-state index contributed by atoms with van der Waals surface area (Å²) in [6.45, 7) is 3.84. The Balaban J connectivity index is 0.00000192. The molecule has 1 aromatic carbocycles. The fourth-order valence-electron chi connectivity index (χ4n) is 3.44. The number of hydrogen-bond donors (Lipinski definition) is 1. The fraction of sp³-hybridized carbons (Fsp3) is 0.588. The van der Waals surface area contributed by atoms with Gasteiger partial charge in [-0.1, -0.05) is 25.1 Å². The van der Waals surface area contributed by atoms with Crippen molar-refractivity contribution in [3.63, 3.8) is 0 Å². The Morgan fingerprint density at radius 2 is 2.22 bits per heavy atom. The highest BCUT2D eigenvalue weighted by Crippen LogP contribution is 2.37. The van der Waals surface area contributed by atoms with Crippen molar-refractivity contribution < 1.29 is 9.18 Å². The van der Waals surface area contributed by atoms with Crippen LogP contribution in [0.15, 0.2) is 24.3 Å². The number of likely N-dealkylation sites (tertiary alicyclic amines) is 1. The van der Waals surface area contributed by atoms with E-state index in [-0.39, 0.29) is 36.2 Å². The van der Waals surface area contributed by atoms with Crippen LogP contribution >= 0.6 is 24.2 Å². The minimum atomic E-state index is -0.203. The van der Waals surface area contributed by atoms with E-state index in [1.54, 1.807) is 6.07 Å². The number of nitrogens with zero attached hydrogens (tertiary/aromatic N) is 1. The smallest absolute Gasteiger partial charge is 0.224 e. The van der Waals surface area contributed by atoms with E-state index < -0.39 is 0 Å². The van der Waals surface area contributed by atoms with E-state index in [1.807, 2.05) is 28.8 Å². The summed E-state index contributed by atoms with van der Waals surface area (Å²) in [4.78, 5) is 14.6. The molecule has 1 amide bonds. The number of thioether (sulfide) groups is 1. The lowest BCUT2D eigenvalue weighted by Crippen LogP contribution is -2.42. The number of halogens is 2. The first-order chi connectivity index (χ1) is 10.6. The second-order valence-corrected chi connectivity index (χ2v) is 7.50. The number of hydrogen-bond acceptors (Lipinski definition) is 3. The van der Waals surface area contributed by atoms with Crippen molar-refractivity contribution in [1.82, 2.24) is 10.2 Å². The van der Waals surface area contributed by atoms with E-state index in [0.717, 1.165) is 31.0 Å². The van der Waals surface area contributed by atoms with Crippen LogP contribution < -0.4 is 5.32 Å². The SMILES string of the molecule is CC1CC(c2ccccc2F)N(C(=O)CC2CSCCN2)C1.Cl. The molecule has 0 spiro atoms. The molecule has 0 saturated carbocycles. The average Bonchev–Trinajstić information content (AvgIpc) is 2.90. The van der Waals surface area contributed by atoms with Crippen LogP contribution in [0, 0.1) is 11.7 Å². The van der Waals surface area contributed by atoms with E-state index in [4.69, 9.17) is 0 Å². The highest BCUT2D eigenvalue weighted by atomic mass is 35.5. The van der Waals surface area contributed by atoms with Gasteiger partial charge < -0.3 is 10.2 Å². The second kappa shape index (κ2) is 8.36. The van der Waals surface area contributed by atoms with Gasteiger partial charge in [-0.15, -0.1) is 12.4 Å². The molecular weight excluding hydrogens is 335 g/mol. The molecule has 3 unspecified atom stereocenters. The van der Waals surface area contributed by atoms with E-state index >= 15 is 0 Å². The predicted octanol–water partition coefficient (Wildman–Crippen LogP) is 3.25. The maximum atomic E-state index is 14.1. The number of amides is 1. The molecule has 2 fully saturated rings. The van der Waals surface area contributed by atoms with Crippen LogP contribution in [0.3, 0.4) is 0 Å². The van der Waals surface area contributed by atoms with E-state index in [2.05, 4.69) is 12.2 Å². The normalized spacial score (nSPS) is 27.6. The summed E-state index contributed by atoms with van der Waals surface area (Å²) in [6, 6.07) is 6.99. The summed E-state index contributed by atoms with van der Waals surface area (Å²) >= 11 is 1.89. The van der Waals surface area contributed by atoms with Crippen molar-refractivity contribution in [2.24, 2.45) is 5.92 Å². The first-order valence-corrected chi connectivity index (χ1v) is 9.15. The number of nitrogens with one attached hydrogen (secondary N) is 1. The molecule has 0 radical (unpaired) electrons. The molecule has 3 rings (SSSR count). The summed E-state index contributed by atoms with van der Waals surface area (Å²) in [5.74, 6) is 2.47. The number of rotatable bonds is 3. The van der Waals surface area contributed by atoms with Crippen LogP contribution in [0.2, 0.25) is 0 Å². The first kappa shape index (κ1) is 18.6. The minimum absolute atomic E-state index is 0. The maximum absolute atomic E-state index is 14.1. The highest BCUT2D eigenvalue weighted by Gasteiger charge is 2.36. The summed E-state index contributed by atoms with van der Waals surface area (Å²) < 4.78 is 14.1. The van der Waals surface area contributed by atoms with Crippen LogP contribution in [-0.2, 0) is 4.79 Å². The zero-order valence-electron chi connectivity index (χ0n) is 13.3. The third kappa shape index (κ3) is 4.40. The molecule has 6 heteroatoms. The standard InChI is InChI=1S/C17H23FN2OS.ClH/c1-12-8-16(14-4-2-3-5-15(14)18)20(10-12)17(21)9-13-11-22-7-6-19-13;/h2-5,12-13,16,19H,6-11H2,1H3;1H. The van der Waals surface area contributed by atoms with Gasteiger partial charge in [-0.3, -0.25) is 4.79 Å². The minimum Gasteiger partial charge on any atom is -0.335 e. The molecule has 23 heavy (non-hydrogen) atoms. The predicted molar refractivity (Wildman–Crippen MR) is 95.6 cm³/mol. The molecule has 128 valence electrons. The second-order valence-electron chi connectivity index (χ2n) is 6.35. The van der Waals surface area contributed by atoms with E-state index in [0.29, 0.717) is 17.9 Å². The topological polar surface area (TPSA) is 32.3 Å². The molecule has 0 bridgehead atoms. The molecule has 2 aliphatic rings. The van der Waals surface area contributed by atoms with Crippen LogP contribution in [0.4, 0.5) is 4.39 Å². The van der Waals surface area contributed by atoms with Gasteiger partial charge in [0.1, 0.15) is 5.82 Å². The third-order valence-corrected chi connectivity index (χ3v) is 5.65. The third-order valence-electron chi connectivity index (χ3n) is 4.51. The number of carbonyl (C=O) groups excluding carboxylic acids is 1. The van der Waals surface area contributed by atoms with Crippen molar-refractivity contribution in [2.75, 3.05) is 24.6 Å². The summed E-state index contributed by atoms with van der Waals surface area (Å²) in [6.07, 6.45) is 1.37. The van der Waals surface area contributed by atoms with Crippen molar-refractivity contribution in [3.8, 4) is 0 Å². The number of benzene rings is 1. The molecule has 0 aromatic heterocycles. The van der Waals surface area contributed by atoms with Crippen molar-refractivity contribution in [1.29, 1.82) is 0 Å². The van der Waals surface area contributed by atoms with Crippen LogP contribution in [-0.4, -0.2) is 41.4 Å². The van der Waals surface area contributed by atoms with Crippen LogP contribution in [0.25, 0.3) is 0 Å². The first-order valence-electron chi connectivity index (χ1n) is 8.00. The monoisotopic (exact) mass is 358 g/mol. The Kier molecular flexibility index (Phi) is 6.74. The largest absolute Gasteiger partial charge is 0.335 e. The van der Waals surface area contributed by atoms with E-state index in [1.165, 1.54) is 6.07 Å². The molecule has 1 N–H and O–H groups in total. The average molecular weight is 359 g/mol. The summed E-state index contributed by atoms with van der Waals surface area (Å²) in [7, 11) is 0. The molecule has 2 heterocycles. The van der Waals surface area contributed by atoms with Gasteiger partial charge in [0.15, 0.2) is 0 Å². The Morgan fingerprint density at radius 1 is 1.43 bits per heavy atom. The van der Waals surface area contributed by atoms with Crippen LogP contribution in [0.5, 0.6) is 0 Å². The van der Waals surface area contributed by atoms with Gasteiger partial charge in [-0.25, -0.2) is 4.39 Å². The summed E-state index contributed by atoms with van der Waals surface area (Å²) in [5.41, 5.74) is 0.658. The van der Waals surface area contributed by atoms with Crippen molar-refractivity contribution >= 4 is 30.1 Å². The highest BCUT2D eigenvalue weighted by molar-refractivity contribution is 7.99. The van der Waals surface area contributed by atoms with Gasteiger partial charge in [0, 0.05) is 42.6 Å². The Hall–Kier alpha value is -0.780. The quantitative estimate of drug-likeness (QED) is 0.900.